The summed E-state index contributed by atoms with van der Waals surface area (Å²) in [5, 5.41) is 15.4. The number of alkyl halides is 3. The molecule has 138 valence electrons. The van der Waals surface area contributed by atoms with Crippen LogP contribution in [0.15, 0.2) is 41.8 Å². The normalized spacial score (nSPS) is 26.1. The van der Waals surface area contributed by atoms with Gasteiger partial charge in [0.2, 0.25) is 5.72 Å². The maximum Gasteiger partial charge on any atom is 0.437 e. The highest BCUT2D eigenvalue weighted by Gasteiger charge is 2.66. The highest BCUT2D eigenvalue weighted by molar-refractivity contribution is 7.12. The zero-order valence-electron chi connectivity index (χ0n) is 12.9. The summed E-state index contributed by atoms with van der Waals surface area (Å²) in [6, 6.07) is 4.35. The predicted molar refractivity (Wildman–Crippen MR) is 84.0 cm³/mol. The van der Waals surface area contributed by atoms with Gasteiger partial charge in [-0.15, -0.1) is 11.3 Å². The van der Waals surface area contributed by atoms with Gasteiger partial charge in [-0.3, -0.25) is 4.79 Å². The minimum Gasteiger partial charge on any atom is -0.363 e. The third-order valence-corrected chi connectivity index (χ3v) is 4.94. The SMILES string of the molecule is O=C1N[C@H](c2cccc(F)c2)[C@@H](C(=O)c2cccs2)[C@@](O)(C(F)(F)F)N1. The molecule has 0 aliphatic carbocycles. The lowest BCUT2D eigenvalue weighted by Gasteiger charge is -2.44. The first-order valence-electron chi connectivity index (χ1n) is 7.34. The molecular weight excluding hydrogens is 376 g/mol. The van der Waals surface area contributed by atoms with Crippen LogP contribution in [-0.4, -0.2) is 28.8 Å². The van der Waals surface area contributed by atoms with E-state index < -0.39 is 41.5 Å². The zero-order chi connectivity index (χ0) is 19.1. The smallest absolute Gasteiger partial charge is 0.363 e. The average molecular weight is 388 g/mol. The number of nitrogens with one attached hydrogen (secondary N) is 2. The van der Waals surface area contributed by atoms with E-state index in [2.05, 4.69) is 5.32 Å². The molecule has 0 unspecified atom stereocenters. The Labute approximate surface area is 148 Å². The van der Waals surface area contributed by atoms with Crippen LogP contribution in [0.2, 0.25) is 0 Å². The quantitative estimate of drug-likeness (QED) is 0.559. The highest BCUT2D eigenvalue weighted by atomic mass is 32.1. The van der Waals surface area contributed by atoms with Gasteiger partial charge in [0.1, 0.15) is 11.7 Å². The Morgan fingerprint density at radius 3 is 2.54 bits per heavy atom. The first kappa shape index (κ1) is 18.3. The number of carbonyl (C=O) groups excluding carboxylic acids is 2. The molecule has 3 atom stereocenters. The van der Waals surface area contributed by atoms with Gasteiger partial charge in [-0.2, -0.15) is 13.2 Å². The molecule has 3 rings (SSSR count). The molecule has 3 N–H and O–H groups in total. The van der Waals surface area contributed by atoms with E-state index in [1.54, 1.807) is 0 Å². The number of urea groups is 1. The van der Waals surface area contributed by atoms with Gasteiger partial charge in [0.05, 0.1) is 10.9 Å². The van der Waals surface area contributed by atoms with Gasteiger partial charge in [-0.25, -0.2) is 9.18 Å². The number of carbonyl (C=O) groups is 2. The molecule has 2 heterocycles. The fourth-order valence-corrected chi connectivity index (χ4v) is 3.59. The number of Topliss-reactive ketones (excluding diaryl/α,β-unsaturated/α-hetero) is 1. The maximum absolute atomic E-state index is 13.6. The molecule has 1 aliphatic heterocycles. The van der Waals surface area contributed by atoms with Crippen LogP contribution in [0.5, 0.6) is 0 Å². The molecule has 0 saturated carbocycles. The number of amides is 2. The molecule has 0 bridgehead atoms. The van der Waals surface area contributed by atoms with E-state index in [-0.39, 0.29) is 10.4 Å². The summed E-state index contributed by atoms with van der Waals surface area (Å²) < 4.78 is 54.4. The van der Waals surface area contributed by atoms with Crippen molar-refractivity contribution in [1.29, 1.82) is 0 Å². The number of hydrogen-bond donors (Lipinski definition) is 3. The van der Waals surface area contributed by atoms with Crippen LogP contribution in [0.3, 0.4) is 0 Å². The Morgan fingerprint density at radius 2 is 1.96 bits per heavy atom. The number of thiophene rings is 1. The molecular formula is C16H12F4N2O3S. The molecule has 26 heavy (non-hydrogen) atoms. The molecule has 1 saturated heterocycles. The molecule has 1 aromatic carbocycles. The number of ketones is 1. The third kappa shape index (κ3) is 3.06. The van der Waals surface area contributed by atoms with Crippen molar-refractivity contribution in [2.24, 2.45) is 5.92 Å². The lowest BCUT2D eigenvalue weighted by molar-refractivity contribution is -0.287. The van der Waals surface area contributed by atoms with Crippen molar-refractivity contribution in [3.63, 3.8) is 0 Å². The van der Waals surface area contributed by atoms with E-state index >= 15 is 0 Å². The summed E-state index contributed by atoms with van der Waals surface area (Å²) >= 11 is 0.895. The Hall–Kier alpha value is -2.46. The van der Waals surface area contributed by atoms with Crippen molar-refractivity contribution in [2.45, 2.75) is 17.9 Å². The molecule has 0 radical (unpaired) electrons. The standard InChI is InChI=1S/C16H12F4N2O3S/c17-9-4-1-3-8(7-9)12-11(13(23)10-5-2-6-26-10)15(25,16(18,19)20)22-14(24)21-12/h1-7,11-12,25H,(H2,21,22,24)/t11-,12+,15+/m0/s1. The van der Waals surface area contributed by atoms with Gasteiger partial charge in [-0.1, -0.05) is 18.2 Å². The zero-order valence-corrected chi connectivity index (χ0v) is 13.7. The predicted octanol–water partition coefficient (Wildman–Crippen LogP) is 2.99. The van der Waals surface area contributed by atoms with Crippen LogP contribution in [-0.2, 0) is 0 Å². The molecule has 0 spiro atoms. The number of halogens is 4. The fourth-order valence-electron chi connectivity index (χ4n) is 2.89. The molecule has 2 amide bonds. The van der Waals surface area contributed by atoms with Crippen molar-refractivity contribution in [3.05, 3.63) is 58.0 Å². The van der Waals surface area contributed by atoms with Gasteiger partial charge < -0.3 is 15.7 Å². The van der Waals surface area contributed by atoms with Crippen LogP contribution in [0, 0.1) is 11.7 Å². The third-order valence-electron chi connectivity index (χ3n) is 4.06. The van der Waals surface area contributed by atoms with Crippen molar-refractivity contribution in [3.8, 4) is 0 Å². The van der Waals surface area contributed by atoms with Crippen molar-refractivity contribution < 1.29 is 32.3 Å². The minimum absolute atomic E-state index is 0.0305. The monoisotopic (exact) mass is 388 g/mol. The summed E-state index contributed by atoms with van der Waals surface area (Å²) in [5.74, 6) is -3.93. The lowest BCUT2D eigenvalue weighted by Crippen LogP contribution is -2.72. The van der Waals surface area contributed by atoms with Crippen LogP contribution in [0.4, 0.5) is 22.4 Å². The highest BCUT2D eigenvalue weighted by Crippen LogP contribution is 2.44. The van der Waals surface area contributed by atoms with Crippen LogP contribution < -0.4 is 10.6 Å². The van der Waals surface area contributed by atoms with E-state index in [1.807, 2.05) is 0 Å². The van der Waals surface area contributed by atoms with E-state index in [4.69, 9.17) is 0 Å². The van der Waals surface area contributed by atoms with Crippen molar-refractivity contribution in [2.75, 3.05) is 0 Å². The Morgan fingerprint density at radius 1 is 1.23 bits per heavy atom. The largest absolute Gasteiger partial charge is 0.437 e. The molecule has 1 aromatic heterocycles. The van der Waals surface area contributed by atoms with E-state index in [0.717, 1.165) is 23.5 Å². The van der Waals surface area contributed by atoms with Crippen LogP contribution in [0.1, 0.15) is 21.3 Å². The average Bonchev–Trinajstić information content (AvgIpc) is 3.07. The van der Waals surface area contributed by atoms with Crippen LogP contribution >= 0.6 is 11.3 Å². The first-order chi connectivity index (χ1) is 12.1. The van der Waals surface area contributed by atoms with Gasteiger partial charge in [0.15, 0.2) is 5.78 Å². The van der Waals surface area contributed by atoms with E-state index in [0.29, 0.717) is 0 Å². The second-order valence-electron chi connectivity index (χ2n) is 5.71. The topological polar surface area (TPSA) is 78.4 Å². The maximum atomic E-state index is 13.6. The Balaban J connectivity index is 2.16. The number of benzene rings is 1. The van der Waals surface area contributed by atoms with Gasteiger partial charge in [0.25, 0.3) is 0 Å². The number of rotatable bonds is 3. The van der Waals surface area contributed by atoms with E-state index in [1.165, 1.54) is 35.0 Å². The fraction of sp³-hybridized carbons (Fsp3) is 0.250. The van der Waals surface area contributed by atoms with Gasteiger partial charge >= 0.3 is 12.2 Å². The Bertz CT molecular complexity index is 840. The number of aliphatic hydroxyl groups is 1. The summed E-state index contributed by atoms with van der Waals surface area (Å²) in [6.45, 7) is 0. The molecule has 10 heteroatoms. The van der Waals surface area contributed by atoms with Crippen molar-refractivity contribution >= 4 is 23.2 Å². The second-order valence-corrected chi connectivity index (χ2v) is 6.66. The molecule has 1 aliphatic rings. The molecule has 5 nitrogen and oxygen atoms in total. The lowest BCUT2D eigenvalue weighted by atomic mass is 9.78. The number of hydrogen-bond acceptors (Lipinski definition) is 4. The van der Waals surface area contributed by atoms with Gasteiger partial charge in [-0.05, 0) is 29.1 Å². The summed E-state index contributed by atoms with van der Waals surface area (Å²) in [6.07, 6.45) is -5.34. The van der Waals surface area contributed by atoms with Crippen LogP contribution in [0.25, 0.3) is 0 Å². The van der Waals surface area contributed by atoms with Gasteiger partial charge in [0, 0.05) is 0 Å². The summed E-state index contributed by atoms with van der Waals surface area (Å²) in [5.41, 5.74) is -3.88. The second kappa shape index (κ2) is 6.36. The Kier molecular flexibility index (Phi) is 4.49. The summed E-state index contributed by atoms with van der Waals surface area (Å²) in [7, 11) is 0. The van der Waals surface area contributed by atoms with E-state index in [9.17, 15) is 32.3 Å². The molecule has 1 fully saturated rings. The first-order valence-corrected chi connectivity index (χ1v) is 8.22. The minimum atomic E-state index is -5.34. The summed E-state index contributed by atoms with van der Waals surface area (Å²) in [4.78, 5) is 24.5. The molecule has 2 aromatic rings. The van der Waals surface area contributed by atoms with Crippen molar-refractivity contribution in [1.82, 2.24) is 10.6 Å².